The van der Waals surface area contributed by atoms with E-state index >= 15 is 0 Å². The summed E-state index contributed by atoms with van der Waals surface area (Å²) in [4.78, 5) is 12.8. The second-order valence-corrected chi connectivity index (χ2v) is 6.32. The Morgan fingerprint density at radius 3 is 2.44 bits per heavy atom. The van der Waals surface area contributed by atoms with E-state index in [0.29, 0.717) is 23.6 Å². The average molecular weight is 364 g/mol. The van der Waals surface area contributed by atoms with Gasteiger partial charge in [-0.25, -0.2) is 0 Å². The van der Waals surface area contributed by atoms with Crippen LogP contribution < -0.4 is 14.8 Å². The molecule has 1 aromatic heterocycles. The number of hydrogen-bond acceptors (Lipinski definition) is 3. The molecule has 0 fully saturated rings. The van der Waals surface area contributed by atoms with Gasteiger partial charge in [-0.1, -0.05) is 24.3 Å². The molecule has 3 aromatic rings. The van der Waals surface area contributed by atoms with Gasteiger partial charge in [0, 0.05) is 18.5 Å². The SMILES string of the molecule is COc1ccc(NC(=O)C[C@@H](c2ccccc2C)n2cccc2)c(OC)c1. The minimum Gasteiger partial charge on any atom is -0.497 e. The fourth-order valence-electron chi connectivity index (χ4n) is 3.17. The molecule has 1 amide bonds. The van der Waals surface area contributed by atoms with Crippen LogP contribution in [0.2, 0.25) is 0 Å². The van der Waals surface area contributed by atoms with Crippen LogP contribution in [0.1, 0.15) is 23.6 Å². The van der Waals surface area contributed by atoms with Crippen LogP contribution >= 0.6 is 0 Å². The minimum atomic E-state index is -0.0829. The smallest absolute Gasteiger partial charge is 0.226 e. The molecule has 140 valence electrons. The van der Waals surface area contributed by atoms with Crippen molar-refractivity contribution in [2.24, 2.45) is 0 Å². The van der Waals surface area contributed by atoms with Crippen LogP contribution in [0.25, 0.3) is 0 Å². The molecule has 2 aromatic carbocycles. The fourth-order valence-corrected chi connectivity index (χ4v) is 3.17. The Balaban J connectivity index is 1.83. The maximum Gasteiger partial charge on any atom is 0.226 e. The number of aryl methyl sites for hydroxylation is 1. The molecule has 0 radical (unpaired) electrons. The van der Waals surface area contributed by atoms with E-state index in [1.165, 1.54) is 0 Å². The van der Waals surface area contributed by atoms with Gasteiger partial charge in [0.05, 0.1) is 32.4 Å². The third-order valence-electron chi connectivity index (χ3n) is 4.60. The molecule has 5 heteroatoms. The van der Waals surface area contributed by atoms with E-state index in [9.17, 15) is 4.79 Å². The lowest BCUT2D eigenvalue weighted by atomic mass is 9.98. The van der Waals surface area contributed by atoms with E-state index in [1.54, 1.807) is 32.4 Å². The highest BCUT2D eigenvalue weighted by Crippen LogP contribution is 2.30. The van der Waals surface area contributed by atoms with Gasteiger partial charge in [-0.2, -0.15) is 0 Å². The third kappa shape index (κ3) is 4.31. The van der Waals surface area contributed by atoms with Crippen molar-refractivity contribution < 1.29 is 14.3 Å². The fraction of sp³-hybridized carbons (Fsp3) is 0.227. The van der Waals surface area contributed by atoms with Crippen LogP contribution in [-0.4, -0.2) is 24.7 Å². The van der Waals surface area contributed by atoms with Gasteiger partial charge in [-0.3, -0.25) is 4.79 Å². The summed E-state index contributed by atoms with van der Waals surface area (Å²) in [5.41, 5.74) is 2.91. The van der Waals surface area contributed by atoms with Crippen molar-refractivity contribution >= 4 is 11.6 Å². The van der Waals surface area contributed by atoms with Gasteiger partial charge in [0.2, 0.25) is 5.91 Å². The lowest BCUT2D eigenvalue weighted by Gasteiger charge is -2.21. The third-order valence-corrected chi connectivity index (χ3v) is 4.60. The summed E-state index contributed by atoms with van der Waals surface area (Å²) in [6, 6.07) is 17.3. The first-order chi connectivity index (χ1) is 13.1. The Hall–Kier alpha value is -3.21. The van der Waals surface area contributed by atoms with Crippen LogP contribution in [0.5, 0.6) is 11.5 Å². The molecule has 0 aliphatic carbocycles. The Morgan fingerprint density at radius 1 is 1.04 bits per heavy atom. The van der Waals surface area contributed by atoms with E-state index in [0.717, 1.165) is 11.1 Å². The maximum absolute atomic E-state index is 12.8. The van der Waals surface area contributed by atoms with Gasteiger partial charge >= 0.3 is 0 Å². The number of methoxy groups -OCH3 is 2. The summed E-state index contributed by atoms with van der Waals surface area (Å²) in [5, 5.41) is 2.96. The summed E-state index contributed by atoms with van der Waals surface area (Å²) in [7, 11) is 3.16. The summed E-state index contributed by atoms with van der Waals surface area (Å²) in [5.74, 6) is 1.16. The molecular weight excluding hydrogens is 340 g/mol. The zero-order valence-electron chi connectivity index (χ0n) is 15.8. The number of hydrogen-bond donors (Lipinski definition) is 1. The predicted octanol–water partition coefficient (Wildman–Crippen LogP) is 4.43. The van der Waals surface area contributed by atoms with Crippen molar-refractivity contribution in [3.63, 3.8) is 0 Å². The average Bonchev–Trinajstić information content (AvgIpc) is 3.21. The number of nitrogens with zero attached hydrogens (tertiary/aromatic N) is 1. The van der Waals surface area contributed by atoms with Crippen molar-refractivity contribution in [1.82, 2.24) is 4.57 Å². The molecule has 27 heavy (non-hydrogen) atoms. The van der Waals surface area contributed by atoms with Crippen molar-refractivity contribution in [2.45, 2.75) is 19.4 Å². The Kier molecular flexibility index (Phi) is 5.81. The van der Waals surface area contributed by atoms with Crippen LogP contribution in [0.3, 0.4) is 0 Å². The van der Waals surface area contributed by atoms with E-state index in [2.05, 4.69) is 28.9 Å². The topological polar surface area (TPSA) is 52.5 Å². The quantitative estimate of drug-likeness (QED) is 0.675. The predicted molar refractivity (Wildman–Crippen MR) is 107 cm³/mol. The number of anilines is 1. The summed E-state index contributed by atoms with van der Waals surface area (Å²) < 4.78 is 12.6. The van der Waals surface area contributed by atoms with Crippen LogP contribution in [0.4, 0.5) is 5.69 Å². The Labute approximate surface area is 159 Å². The van der Waals surface area contributed by atoms with E-state index in [1.807, 2.05) is 36.7 Å². The van der Waals surface area contributed by atoms with Crippen molar-refractivity contribution in [1.29, 1.82) is 0 Å². The Bertz CT molecular complexity index is 904. The van der Waals surface area contributed by atoms with Gasteiger partial charge in [0.15, 0.2) is 0 Å². The molecule has 0 aliphatic rings. The molecule has 0 unspecified atom stereocenters. The van der Waals surface area contributed by atoms with E-state index < -0.39 is 0 Å². The number of benzene rings is 2. The first-order valence-electron chi connectivity index (χ1n) is 8.82. The lowest BCUT2D eigenvalue weighted by molar-refractivity contribution is -0.116. The number of carbonyl (C=O) groups is 1. The molecular formula is C22H24N2O3. The monoisotopic (exact) mass is 364 g/mol. The lowest BCUT2D eigenvalue weighted by Crippen LogP contribution is -2.20. The highest BCUT2D eigenvalue weighted by atomic mass is 16.5. The molecule has 1 heterocycles. The van der Waals surface area contributed by atoms with Crippen LogP contribution in [-0.2, 0) is 4.79 Å². The van der Waals surface area contributed by atoms with E-state index in [-0.39, 0.29) is 11.9 Å². The van der Waals surface area contributed by atoms with E-state index in [4.69, 9.17) is 9.47 Å². The zero-order chi connectivity index (χ0) is 19.2. The van der Waals surface area contributed by atoms with Gasteiger partial charge < -0.3 is 19.4 Å². The highest BCUT2D eigenvalue weighted by Gasteiger charge is 2.20. The van der Waals surface area contributed by atoms with Crippen molar-refractivity contribution in [2.75, 3.05) is 19.5 Å². The number of ether oxygens (including phenoxy) is 2. The van der Waals surface area contributed by atoms with Crippen molar-refractivity contribution in [3.8, 4) is 11.5 Å². The second kappa shape index (κ2) is 8.45. The van der Waals surface area contributed by atoms with Gasteiger partial charge in [0.25, 0.3) is 0 Å². The molecule has 3 rings (SSSR count). The van der Waals surface area contributed by atoms with Gasteiger partial charge in [-0.05, 0) is 42.3 Å². The molecule has 5 nitrogen and oxygen atoms in total. The molecule has 1 atom stereocenters. The normalized spacial score (nSPS) is 11.7. The number of carbonyl (C=O) groups excluding carboxylic acids is 1. The summed E-state index contributed by atoms with van der Waals surface area (Å²) in [6.45, 7) is 2.07. The second-order valence-electron chi connectivity index (χ2n) is 6.32. The summed E-state index contributed by atoms with van der Waals surface area (Å²) >= 11 is 0. The minimum absolute atomic E-state index is 0.0783. The molecule has 0 saturated heterocycles. The molecule has 0 spiro atoms. The number of aromatic nitrogens is 1. The highest BCUT2D eigenvalue weighted by molar-refractivity contribution is 5.93. The molecule has 1 N–H and O–H groups in total. The molecule has 0 saturated carbocycles. The first-order valence-corrected chi connectivity index (χ1v) is 8.82. The van der Waals surface area contributed by atoms with Crippen LogP contribution in [0, 0.1) is 6.92 Å². The standard InChI is InChI=1S/C22H24N2O3/c1-16-8-4-5-9-18(16)20(24-12-6-7-13-24)15-22(25)23-19-11-10-17(26-2)14-21(19)27-3/h4-14,20H,15H2,1-3H3,(H,23,25)/t20-/m0/s1. The molecule has 0 bridgehead atoms. The largest absolute Gasteiger partial charge is 0.497 e. The van der Waals surface area contributed by atoms with Gasteiger partial charge in [0.1, 0.15) is 11.5 Å². The first kappa shape index (κ1) is 18.6. The number of nitrogens with one attached hydrogen (secondary N) is 1. The Morgan fingerprint density at radius 2 is 1.78 bits per heavy atom. The van der Waals surface area contributed by atoms with Crippen LogP contribution in [0.15, 0.2) is 67.0 Å². The maximum atomic E-state index is 12.8. The molecule has 0 aliphatic heterocycles. The van der Waals surface area contributed by atoms with Gasteiger partial charge in [-0.15, -0.1) is 0 Å². The number of rotatable bonds is 7. The van der Waals surface area contributed by atoms with Crippen molar-refractivity contribution in [3.05, 3.63) is 78.1 Å². The number of amides is 1. The zero-order valence-corrected chi connectivity index (χ0v) is 15.8. The summed E-state index contributed by atoms with van der Waals surface area (Å²) in [6.07, 6.45) is 4.28.